The van der Waals surface area contributed by atoms with Crippen LogP contribution in [0.15, 0.2) is 77.9 Å². The predicted octanol–water partition coefficient (Wildman–Crippen LogP) is 5.28. The van der Waals surface area contributed by atoms with Crippen LogP contribution in [0.3, 0.4) is 0 Å². The summed E-state index contributed by atoms with van der Waals surface area (Å²) in [4.78, 5) is 26.3. The van der Waals surface area contributed by atoms with Crippen LogP contribution in [0.1, 0.15) is 68.3 Å². The number of nitrogens with one attached hydrogen (secondary N) is 1. The second kappa shape index (κ2) is 13.9. The number of ketones is 1. The Bertz CT molecular complexity index is 1010. The molecule has 2 atom stereocenters. The predicted molar refractivity (Wildman–Crippen MR) is 139 cm³/mol. The van der Waals surface area contributed by atoms with Gasteiger partial charge in [-0.25, -0.2) is 0 Å². The van der Waals surface area contributed by atoms with Crippen LogP contribution in [0.2, 0.25) is 5.02 Å². The molecule has 2 aromatic rings. The van der Waals surface area contributed by atoms with Crippen molar-refractivity contribution in [2.45, 2.75) is 58.3 Å². The van der Waals surface area contributed by atoms with Gasteiger partial charge in [0.15, 0.2) is 5.78 Å². The van der Waals surface area contributed by atoms with Gasteiger partial charge in [0.25, 0.3) is 0 Å². The Balaban J connectivity index is 2.29. The summed E-state index contributed by atoms with van der Waals surface area (Å²) in [5, 5.41) is 23.2. The SMILES string of the molecule is C/C=C(\C=C(CC)CC)CC(NC(=O)C(CC(=O)c1ccccc1)c1cccc(Cl)c1)B(O)O. The first kappa shape index (κ1) is 27.6. The fraction of sp³-hybridized carbons (Fsp3) is 0.333. The molecule has 2 unspecified atom stereocenters. The molecular formula is C27H33BClNO4. The Morgan fingerprint density at radius 3 is 2.26 bits per heavy atom. The second-order valence-corrected chi connectivity index (χ2v) is 8.64. The van der Waals surface area contributed by atoms with Gasteiger partial charge in [0.05, 0.1) is 11.9 Å². The zero-order chi connectivity index (χ0) is 25.1. The van der Waals surface area contributed by atoms with Crippen molar-refractivity contribution in [3.05, 3.63) is 94.0 Å². The zero-order valence-electron chi connectivity index (χ0n) is 20.0. The number of hydrogen-bond acceptors (Lipinski definition) is 4. The van der Waals surface area contributed by atoms with Crippen molar-refractivity contribution in [2.75, 3.05) is 0 Å². The molecule has 1 amide bonds. The maximum Gasteiger partial charge on any atom is 0.475 e. The van der Waals surface area contributed by atoms with Crippen molar-refractivity contribution < 1.29 is 19.6 Å². The molecule has 0 aliphatic heterocycles. The number of amides is 1. The van der Waals surface area contributed by atoms with Crippen LogP contribution >= 0.6 is 11.6 Å². The summed E-state index contributed by atoms with van der Waals surface area (Å²) >= 11 is 6.16. The first-order valence-corrected chi connectivity index (χ1v) is 12.0. The lowest BCUT2D eigenvalue weighted by Crippen LogP contribution is -2.48. The Labute approximate surface area is 207 Å². The van der Waals surface area contributed by atoms with Crippen LogP contribution in [0.4, 0.5) is 0 Å². The fourth-order valence-corrected chi connectivity index (χ4v) is 3.96. The lowest BCUT2D eigenvalue weighted by molar-refractivity contribution is -0.123. The Morgan fingerprint density at radius 1 is 1.03 bits per heavy atom. The molecule has 3 N–H and O–H groups in total. The van der Waals surface area contributed by atoms with Gasteiger partial charge in [-0.05, 0) is 43.9 Å². The molecular weight excluding hydrogens is 449 g/mol. The molecule has 0 saturated carbocycles. The van der Waals surface area contributed by atoms with Crippen molar-refractivity contribution in [2.24, 2.45) is 0 Å². The van der Waals surface area contributed by atoms with Crippen LogP contribution in [0.5, 0.6) is 0 Å². The Kier molecular flexibility index (Phi) is 11.3. The van der Waals surface area contributed by atoms with E-state index in [2.05, 4.69) is 19.2 Å². The first-order chi connectivity index (χ1) is 16.3. The molecule has 7 heteroatoms. The van der Waals surface area contributed by atoms with Gasteiger partial charge < -0.3 is 15.4 Å². The number of rotatable bonds is 12. The molecule has 0 fully saturated rings. The third kappa shape index (κ3) is 8.28. The highest BCUT2D eigenvalue weighted by Crippen LogP contribution is 2.26. The van der Waals surface area contributed by atoms with E-state index in [4.69, 9.17) is 11.6 Å². The number of Topliss-reactive ketones (excluding diaryl/α,β-unsaturated/α-hetero) is 1. The third-order valence-corrected chi connectivity index (χ3v) is 6.10. The first-order valence-electron chi connectivity index (χ1n) is 11.6. The molecule has 0 saturated heterocycles. The van der Waals surface area contributed by atoms with Crippen LogP contribution in [0, 0.1) is 0 Å². The molecule has 0 radical (unpaired) electrons. The highest BCUT2D eigenvalue weighted by Gasteiger charge is 2.31. The van der Waals surface area contributed by atoms with E-state index < -0.39 is 24.9 Å². The fourth-order valence-electron chi connectivity index (χ4n) is 3.76. The topological polar surface area (TPSA) is 86.6 Å². The van der Waals surface area contributed by atoms with E-state index in [-0.39, 0.29) is 18.6 Å². The van der Waals surface area contributed by atoms with E-state index >= 15 is 0 Å². The van der Waals surface area contributed by atoms with Gasteiger partial charge in [-0.3, -0.25) is 9.59 Å². The van der Waals surface area contributed by atoms with Crippen molar-refractivity contribution in [1.82, 2.24) is 5.32 Å². The standard InChI is InChI=1S/C27H33BClNO4/c1-4-19(5-2)15-20(6-3)16-26(28(33)34)30-27(32)24(22-13-10-14-23(29)17-22)18-25(31)21-11-8-7-9-12-21/h6-15,17,24,26,33-34H,4-5,16,18H2,1-3H3,(H,30,32)/b20-6+. The summed E-state index contributed by atoms with van der Waals surface area (Å²) in [6.07, 6.45) is 5.90. The summed E-state index contributed by atoms with van der Waals surface area (Å²) in [7, 11) is -1.76. The minimum atomic E-state index is -1.76. The Morgan fingerprint density at radius 2 is 1.71 bits per heavy atom. The number of carbonyl (C=O) groups is 2. The van der Waals surface area contributed by atoms with E-state index in [9.17, 15) is 19.6 Å². The molecule has 0 aromatic heterocycles. The van der Waals surface area contributed by atoms with Gasteiger partial charge >= 0.3 is 7.12 Å². The van der Waals surface area contributed by atoms with Gasteiger partial charge in [-0.15, -0.1) is 0 Å². The van der Waals surface area contributed by atoms with Crippen molar-refractivity contribution >= 4 is 30.4 Å². The number of carbonyl (C=O) groups excluding carboxylic acids is 2. The number of halogens is 1. The molecule has 180 valence electrons. The second-order valence-electron chi connectivity index (χ2n) is 8.21. The third-order valence-electron chi connectivity index (χ3n) is 5.86. The highest BCUT2D eigenvalue weighted by atomic mass is 35.5. The van der Waals surface area contributed by atoms with E-state index in [0.717, 1.165) is 18.4 Å². The van der Waals surface area contributed by atoms with E-state index in [0.29, 0.717) is 16.1 Å². The minimum absolute atomic E-state index is 0.0728. The van der Waals surface area contributed by atoms with Crippen molar-refractivity contribution in [1.29, 1.82) is 0 Å². The Hall–Kier alpha value is -2.67. The van der Waals surface area contributed by atoms with Crippen LogP contribution in [0.25, 0.3) is 0 Å². The van der Waals surface area contributed by atoms with Gasteiger partial charge in [0, 0.05) is 17.0 Å². The summed E-state index contributed by atoms with van der Waals surface area (Å²) in [5.74, 6) is -2.41. The molecule has 2 aromatic carbocycles. The van der Waals surface area contributed by atoms with Crippen LogP contribution in [-0.4, -0.2) is 34.8 Å². The molecule has 0 aliphatic carbocycles. The van der Waals surface area contributed by atoms with E-state index in [1.165, 1.54) is 5.57 Å². The average Bonchev–Trinajstić information content (AvgIpc) is 2.84. The zero-order valence-corrected chi connectivity index (χ0v) is 20.8. The lowest BCUT2D eigenvalue weighted by atomic mass is 9.75. The number of hydrogen-bond donors (Lipinski definition) is 3. The van der Waals surface area contributed by atoms with E-state index in [1.54, 1.807) is 48.5 Å². The highest BCUT2D eigenvalue weighted by molar-refractivity contribution is 6.43. The summed E-state index contributed by atoms with van der Waals surface area (Å²) in [6.45, 7) is 6.02. The van der Waals surface area contributed by atoms with Gasteiger partial charge in [0.2, 0.25) is 5.91 Å². The van der Waals surface area contributed by atoms with E-state index in [1.807, 2.05) is 25.1 Å². The maximum absolute atomic E-state index is 13.4. The quantitative estimate of drug-likeness (QED) is 0.219. The average molecular weight is 482 g/mol. The normalized spacial score (nSPS) is 13.1. The summed E-state index contributed by atoms with van der Waals surface area (Å²) in [6, 6.07) is 15.6. The maximum atomic E-state index is 13.4. The minimum Gasteiger partial charge on any atom is -0.426 e. The molecule has 0 aliphatic rings. The van der Waals surface area contributed by atoms with Crippen LogP contribution in [-0.2, 0) is 4.79 Å². The smallest absolute Gasteiger partial charge is 0.426 e. The number of benzene rings is 2. The molecule has 0 spiro atoms. The molecule has 5 nitrogen and oxygen atoms in total. The lowest BCUT2D eigenvalue weighted by Gasteiger charge is -2.23. The monoisotopic (exact) mass is 481 g/mol. The van der Waals surface area contributed by atoms with Crippen molar-refractivity contribution in [3.63, 3.8) is 0 Å². The largest absolute Gasteiger partial charge is 0.475 e. The molecule has 2 rings (SSSR count). The number of allylic oxidation sites excluding steroid dienone is 3. The molecule has 34 heavy (non-hydrogen) atoms. The summed E-state index contributed by atoms with van der Waals surface area (Å²) in [5.41, 5.74) is 3.23. The summed E-state index contributed by atoms with van der Waals surface area (Å²) < 4.78 is 0. The van der Waals surface area contributed by atoms with Gasteiger partial charge in [0.1, 0.15) is 0 Å². The van der Waals surface area contributed by atoms with Crippen LogP contribution < -0.4 is 5.32 Å². The van der Waals surface area contributed by atoms with Gasteiger partial charge in [-0.1, -0.05) is 91.2 Å². The van der Waals surface area contributed by atoms with Crippen molar-refractivity contribution in [3.8, 4) is 0 Å². The van der Waals surface area contributed by atoms with Gasteiger partial charge in [-0.2, -0.15) is 0 Å². The molecule has 0 heterocycles. The molecule has 0 bridgehead atoms.